The molecule has 3 aromatic rings. The van der Waals surface area contributed by atoms with E-state index in [2.05, 4.69) is 17.2 Å². The molecule has 0 saturated heterocycles. The third-order valence-electron chi connectivity index (χ3n) is 3.81. The molecule has 1 heterocycles. The zero-order valence-corrected chi connectivity index (χ0v) is 12.7. The van der Waals surface area contributed by atoms with Gasteiger partial charge in [-0.25, -0.2) is 0 Å². The first kappa shape index (κ1) is 15.2. The molecule has 115 valence electrons. The van der Waals surface area contributed by atoms with Crippen molar-refractivity contribution in [1.82, 2.24) is 4.98 Å². The summed E-state index contributed by atoms with van der Waals surface area (Å²) in [6, 6.07) is 15.2. The smallest absolute Gasteiger partial charge is 0.233 e. The molecule has 1 atom stereocenters. The van der Waals surface area contributed by atoms with Crippen molar-refractivity contribution in [2.75, 3.05) is 11.9 Å². The highest BCUT2D eigenvalue weighted by Gasteiger charge is 2.19. The molecule has 1 unspecified atom stereocenters. The molecule has 0 aliphatic rings. The second-order valence-electron chi connectivity index (χ2n) is 5.46. The van der Waals surface area contributed by atoms with Crippen LogP contribution in [0.5, 0.6) is 0 Å². The maximum atomic E-state index is 12.6. The molecule has 1 radical (unpaired) electrons. The van der Waals surface area contributed by atoms with Crippen molar-refractivity contribution in [1.29, 1.82) is 0 Å². The number of hydrogen-bond donors (Lipinski definition) is 2. The maximum absolute atomic E-state index is 12.6. The van der Waals surface area contributed by atoms with Gasteiger partial charge < -0.3 is 11.1 Å². The number of anilines is 1. The summed E-state index contributed by atoms with van der Waals surface area (Å²) in [7, 11) is 0. The van der Waals surface area contributed by atoms with Crippen LogP contribution >= 0.6 is 0 Å². The van der Waals surface area contributed by atoms with Gasteiger partial charge in [0.1, 0.15) is 0 Å². The van der Waals surface area contributed by atoms with Gasteiger partial charge in [-0.3, -0.25) is 9.78 Å². The fraction of sp³-hybridized carbons (Fsp3) is 0.105. The minimum atomic E-state index is -0.398. The SMILES string of the molecule is [CH2]c1cccc(C(CN)C(=O)Nc2ccc3cnccc3c2)c1. The monoisotopic (exact) mass is 304 g/mol. The Bertz CT molecular complexity index is 845. The summed E-state index contributed by atoms with van der Waals surface area (Å²) in [5.41, 5.74) is 8.30. The van der Waals surface area contributed by atoms with E-state index in [1.54, 1.807) is 12.4 Å². The number of rotatable bonds is 4. The molecular weight excluding hydrogens is 286 g/mol. The van der Waals surface area contributed by atoms with Crippen molar-refractivity contribution >= 4 is 22.4 Å². The van der Waals surface area contributed by atoms with Gasteiger partial charge in [-0.15, -0.1) is 0 Å². The molecule has 3 N–H and O–H groups in total. The Hall–Kier alpha value is -2.72. The quantitative estimate of drug-likeness (QED) is 0.778. The van der Waals surface area contributed by atoms with Crippen LogP contribution in [0.1, 0.15) is 17.0 Å². The van der Waals surface area contributed by atoms with Gasteiger partial charge in [-0.1, -0.05) is 30.3 Å². The molecule has 1 aromatic heterocycles. The average molecular weight is 304 g/mol. The fourth-order valence-corrected chi connectivity index (χ4v) is 2.59. The average Bonchev–Trinajstić information content (AvgIpc) is 2.55. The molecular formula is C19H18N3O. The number of benzene rings is 2. The van der Waals surface area contributed by atoms with Gasteiger partial charge >= 0.3 is 0 Å². The molecule has 23 heavy (non-hydrogen) atoms. The molecule has 4 heteroatoms. The zero-order valence-electron chi connectivity index (χ0n) is 12.7. The number of amides is 1. The van der Waals surface area contributed by atoms with E-state index in [1.165, 1.54) is 0 Å². The highest BCUT2D eigenvalue weighted by Crippen LogP contribution is 2.21. The van der Waals surface area contributed by atoms with Crippen LogP contribution in [0.25, 0.3) is 10.8 Å². The first-order chi connectivity index (χ1) is 11.2. The first-order valence-electron chi connectivity index (χ1n) is 7.44. The van der Waals surface area contributed by atoms with E-state index >= 15 is 0 Å². The summed E-state index contributed by atoms with van der Waals surface area (Å²) >= 11 is 0. The Morgan fingerprint density at radius 3 is 2.83 bits per heavy atom. The van der Waals surface area contributed by atoms with Crippen molar-refractivity contribution < 1.29 is 4.79 Å². The summed E-state index contributed by atoms with van der Waals surface area (Å²) in [4.78, 5) is 16.7. The molecule has 0 aliphatic heterocycles. The van der Waals surface area contributed by atoms with E-state index in [0.717, 1.165) is 27.6 Å². The Kier molecular flexibility index (Phi) is 4.35. The summed E-state index contributed by atoms with van der Waals surface area (Å²) in [6.45, 7) is 4.14. The lowest BCUT2D eigenvalue weighted by Crippen LogP contribution is -2.27. The zero-order chi connectivity index (χ0) is 16.2. The van der Waals surface area contributed by atoms with E-state index in [9.17, 15) is 4.79 Å². The largest absolute Gasteiger partial charge is 0.329 e. The summed E-state index contributed by atoms with van der Waals surface area (Å²) in [5.74, 6) is -0.517. The van der Waals surface area contributed by atoms with Crippen LogP contribution in [0.4, 0.5) is 5.69 Å². The number of fused-ring (bicyclic) bond motifs is 1. The minimum Gasteiger partial charge on any atom is -0.329 e. The molecule has 4 nitrogen and oxygen atoms in total. The maximum Gasteiger partial charge on any atom is 0.233 e. The number of carbonyl (C=O) groups excluding carboxylic acids is 1. The topological polar surface area (TPSA) is 68.0 Å². The van der Waals surface area contributed by atoms with E-state index < -0.39 is 5.92 Å². The lowest BCUT2D eigenvalue weighted by Gasteiger charge is -2.16. The number of pyridine rings is 1. The highest BCUT2D eigenvalue weighted by molar-refractivity contribution is 5.98. The van der Waals surface area contributed by atoms with Crippen molar-refractivity contribution in [2.24, 2.45) is 5.73 Å². The lowest BCUT2D eigenvalue weighted by molar-refractivity contribution is -0.117. The van der Waals surface area contributed by atoms with Crippen LogP contribution in [-0.2, 0) is 4.79 Å². The Morgan fingerprint density at radius 1 is 1.17 bits per heavy atom. The number of hydrogen-bond acceptors (Lipinski definition) is 3. The van der Waals surface area contributed by atoms with Crippen LogP contribution in [0.2, 0.25) is 0 Å². The minimum absolute atomic E-state index is 0.119. The molecule has 0 bridgehead atoms. The van der Waals surface area contributed by atoms with Crippen molar-refractivity contribution in [2.45, 2.75) is 5.92 Å². The van der Waals surface area contributed by atoms with E-state index in [1.807, 2.05) is 48.5 Å². The first-order valence-corrected chi connectivity index (χ1v) is 7.44. The molecule has 0 aliphatic carbocycles. The van der Waals surface area contributed by atoms with Crippen molar-refractivity contribution in [3.63, 3.8) is 0 Å². The van der Waals surface area contributed by atoms with Gasteiger partial charge in [0.2, 0.25) is 5.91 Å². The molecule has 0 fully saturated rings. The number of aromatic nitrogens is 1. The molecule has 3 rings (SSSR count). The van der Waals surface area contributed by atoms with Crippen LogP contribution < -0.4 is 11.1 Å². The summed E-state index contributed by atoms with van der Waals surface area (Å²) in [6.07, 6.45) is 3.53. The predicted molar refractivity (Wildman–Crippen MR) is 93.1 cm³/mol. The van der Waals surface area contributed by atoms with Gasteiger partial charge in [0, 0.05) is 30.0 Å². The number of nitrogens with two attached hydrogens (primary N) is 1. The summed E-state index contributed by atoms with van der Waals surface area (Å²) in [5, 5.41) is 5.01. The molecule has 2 aromatic carbocycles. The Labute approximate surface area is 135 Å². The second-order valence-corrected chi connectivity index (χ2v) is 5.46. The van der Waals surface area contributed by atoms with Crippen molar-refractivity contribution in [3.8, 4) is 0 Å². The molecule has 1 amide bonds. The number of carbonyl (C=O) groups is 1. The molecule has 0 spiro atoms. The van der Waals surface area contributed by atoms with E-state index in [4.69, 9.17) is 5.73 Å². The van der Waals surface area contributed by atoms with Crippen LogP contribution in [0.3, 0.4) is 0 Å². The van der Waals surface area contributed by atoms with Gasteiger partial charge in [0.25, 0.3) is 0 Å². The van der Waals surface area contributed by atoms with Crippen LogP contribution in [0, 0.1) is 6.92 Å². The van der Waals surface area contributed by atoms with Gasteiger partial charge in [0.05, 0.1) is 5.92 Å². The normalized spacial score (nSPS) is 12.1. The van der Waals surface area contributed by atoms with Gasteiger partial charge in [-0.05, 0) is 41.6 Å². The number of nitrogens with zero attached hydrogens (tertiary/aromatic N) is 1. The van der Waals surface area contributed by atoms with Crippen LogP contribution in [0.15, 0.2) is 60.9 Å². The third kappa shape index (κ3) is 3.38. The highest BCUT2D eigenvalue weighted by atomic mass is 16.1. The number of nitrogens with one attached hydrogen (secondary N) is 1. The van der Waals surface area contributed by atoms with Gasteiger partial charge in [-0.2, -0.15) is 0 Å². The van der Waals surface area contributed by atoms with Crippen molar-refractivity contribution in [3.05, 3.63) is 79.0 Å². The Morgan fingerprint density at radius 2 is 2.04 bits per heavy atom. The third-order valence-corrected chi connectivity index (χ3v) is 3.81. The second kappa shape index (κ2) is 6.58. The summed E-state index contributed by atoms with van der Waals surface area (Å²) < 4.78 is 0. The standard InChI is InChI=1S/C19H18N3O/c1-13-3-2-4-15(9-13)18(11-20)19(23)22-17-6-5-16-12-21-8-7-14(16)10-17/h2-10,12,18H,1,11,20H2,(H,22,23). The fourth-order valence-electron chi connectivity index (χ4n) is 2.59. The Balaban J connectivity index is 1.83. The predicted octanol–water partition coefficient (Wildman–Crippen LogP) is 3.10. The van der Waals surface area contributed by atoms with Gasteiger partial charge in [0.15, 0.2) is 0 Å². The van der Waals surface area contributed by atoms with E-state index in [0.29, 0.717) is 0 Å². The van der Waals surface area contributed by atoms with E-state index in [-0.39, 0.29) is 12.5 Å². The lowest BCUT2D eigenvalue weighted by atomic mass is 9.96. The molecule has 0 saturated carbocycles. The van der Waals surface area contributed by atoms with Crippen LogP contribution in [-0.4, -0.2) is 17.4 Å².